The molecule has 0 radical (unpaired) electrons. The van der Waals surface area contributed by atoms with Gasteiger partial charge in [0, 0.05) is 11.3 Å². The summed E-state index contributed by atoms with van der Waals surface area (Å²) >= 11 is 17.9. The molecule has 2 aromatic carbocycles. The van der Waals surface area contributed by atoms with Crippen molar-refractivity contribution in [3.8, 4) is 11.5 Å². The van der Waals surface area contributed by atoms with Crippen LogP contribution in [0.25, 0.3) is 0 Å². The van der Waals surface area contributed by atoms with Gasteiger partial charge in [0.25, 0.3) is 5.91 Å². The average molecular weight is 422 g/mol. The van der Waals surface area contributed by atoms with Crippen LogP contribution in [0.3, 0.4) is 0 Å². The lowest BCUT2D eigenvalue weighted by atomic mass is 10.2. The van der Waals surface area contributed by atoms with Gasteiger partial charge in [-0.2, -0.15) is 0 Å². The number of amides is 1. The summed E-state index contributed by atoms with van der Waals surface area (Å²) in [5.74, 6) is -0.0456. The van der Waals surface area contributed by atoms with E-state index in [1.54, 1.807) is 12.1 Å². The van der Waals surface area contributed by atoms with Crippen molar-refractivity contribution in [2.24, 2.45) is 0 Å². The zero-order valence-electron chi connectivity index (χ0n) is 13.9. The predicted octanol–water partition coefficient (Wildman–Crippen LogP) is 4.38. The number of methoxy groups -OCH3 is 2. The van der Waals surface area contributed by atoms with E-state index in [0.717, 1.165) is 0 Å². The molecule has 0 saturated carbocycles. The first-order valence-corrected chi connectivity index (χ1v) is 8.49. The third kappa shape index (κ3) is 5.30. The molecule has 140 valence electrons. The summed E-state index contributed by atoms with van der Waals surface area (Å²) in [6.45, 7) is 0. The van der Waals surface area contributed by atoms with Crippen LogP contribution in [0.2, 0.25) is 0 Å². The Morgan fingerprint density at radius 1 is 1.04 bits per heavy atom. The first-order valence-electron chi connectivity index (χ1n) is 7.36. The fourth-order valence-corrected chi connectivity index (χ4v) is 2.43. The molecule has 0 bridgehead atoms. The van der Waals surface area contributed by atoms with Crippen molar-refractivity contribution in [2.75, 3.05) is 19.5 Å². The molecule has 0 spiro atoms. The predicted molar refractivity (Wildman–Crippen MR) is 101 cm³/mol. The molecule has 2 rings (SSSR count). The summed E-state index contributed by atoms with van der Waals surface area (Å²) in [6, 6.07) is 10.0. The van der Waals surface area contributed by atoms with Gasteiger partial charge >= 0.3 is 0 Å². The van der Waals surface area contributed by atoms with Crippen LogP contribution in [-0.4, -0.2) is 30.1 Å². The molecule has 1 amide bonds. The van der Waals surface area contributed by atoms with E-state index in [1.165, 1.54) is 44.6 Å². The number of nitrogens with one attached hydrogen (secondary N) is 2. The summed E-state index contributed by atoms with van der Waals surface area (Å²) < 4.78 is 21.5. The first kappa shape index (κ1) is 20.4. The maximum atomic E-state index is 13.0. The molecule has 26 heavy (non-hydrogen) atoms. The van der Waals surface area contributed by atoms with Gasteiger partial charge < -0.3 is 20.1 Å². The number of anilines is 1. The minimum atomic E-state index is -1.86. The maximum absolute atomic E-state index is 13.0. The smallest absolute Gasteiger partial charge is 0.253 e. The minimum Gasteiger partial charge on any atom is -0.493 e. The highest BCUT2D eigenvalue weighted by molar-refractivity contribution is 6.68. The third-order valence-corrected chi connectivity index (χ3v) is 4.06. The van der Waals surface area contributed by atoms with Gasteiger partial charge in [-0.3, -0.25) is 4.79 Å². The highest BCUT2D eigenvalue weighted by atomic mass is 35.6. The molecule has 0 unspecified atom stereocenters. The van der Waals surface area contributed by atoms with Crippen LogP contribution in [-0.2, 0) is 0 Å². The molecule has 0 fully saturated rings. The Morgan fingerprint density at radius 3 is 2.19 bits per heavy atom. The number of rotatable bonds is 6. The van der Waals surface area contributed by atoms with Crippen molar-refractivity contribution in [3.63, 3.8) is 0 Å². The monoisotopic (exact) mass is 420 g/mol. The van der Waals surface area contributed by atoms with Crippen LogP contribution < -0.4 is 20.1 Å². The SMILES string of the molecule is COc1ccc(C(=O)N[C@H](Nc2ccc(F)cc2)C(Cl)(Cl)Cl)cc1OC. The summed E-state index contributed by atoms with van der Waals surface area (Å²) in [6.07, 6.45) is -1.07. The number of halogens is 4. The molecule has 2 aromatic rings. The Morgan fingerprint density at radius 2 is 1.65 bits per heavy atom. The normalized spacial score (nSPS) is 12.2. The lowest BCUT2D eigenvalue weighted by molar-refractivity contribution is 0.0941. The second-order valence-electron chi connectivity index (χ2n) is 5.17. The van der Waals surface area contributed by atoms with Gasteiger partial charge in [-0.25, -0.2) is 4.39 Å². The van der Waals surface area contributed by atoms with Gasteiger partial charge in [0.1, 0.15) is 12.0 Å². The molecule has 9 heteroatoms. The van der Waals surface area contributed by atoms with Gasteiger partial charge in [-0.15, -0.1) is 0 Å². The quantitative estimate of drug-likeness (QED) is 0.537. The second-order valence-corrected chi connectivity index (χ2v) is 7.54. The van der Waals surface area contributed by atoms with E-state index in [1.807, 2.05) is 0 Å². The standard InChI is InChI=1S/C17H16Cl3FN2O3/c1-25-13-8-3-10(9-14(13)26-2)15(24)23-16(17(18,19)20)22-12-6-4-11(21)5-7-12/h3-9,16,22H,1-2H3,(H,23,24)/t16-/m0/s1. The Bertz CT molecular complexity index is 767. The Kier molecular flexibility index (Phi) is 6.81. The van der Waals surface area contributed by atoms with Crippen molar-refractivity contribution >= 4 is 46.4 Å². The van der Waals surface area contributed by atoms with Crippen LogP contribution in [0.4, 0.5) is 10.1 Å². The Labute approximate surface area is 165 Å². The van der Waals surface area contributed by atoms with Crippen molar-refractivity contribution < 1.29 is 18.7 Å². The molecule has 5 nitrogen and oxygen atoms in total. The molecular weight excluding hydrogens is 406 g/mol. The number of alkyl halides is 3. The maximum Gasteiger partial charge on any atom is 0.253 e. The molecular formula is C17H16Cl3FN2O3. The Hall–Kier alpha value is -1.89. The van der Waals surface area contributed by atoms with Gasteiger partial charge in [-0.1, -0.05) is 34.8 Å². The number of hydrogen-bond acceptors (Lipinski definition) is 4. The molecule has 2 N–H and O–H groups in total. The summed E-state index contributed by atoms with van der Waals surface area (Å²) in [7, 11) is 2.95. The number of hydrogen-bond donors (Lipinski definition) is 2. The number of benzene rings is 2. The molecule has 0 aromatic heterocycles. The van der Waals surface area contributed by atoms with E-state index in [0.29, 0.717) is 17.2 Å². The van der Waals surface area contributed by atoms with Gasteiger partial charge in [-0.05, 0) is 42.5 Å². The molecule has 0 aliphatic heterocycles. The fourth-order valence-electron chi connectivity index (χ4n) is 2.10. The lowest BCUT2D eigenvalue weighted by Gasteiger charge is -2.27. The molecule has 0 saturated heterocycles. The van der Waals surface area contributed by atoms with E-state index in [4.69, 9.17) is 44.3 Å². The van der Waals surface area contributed by atoms with Gasteiger partial charge in [0.2, 0.25) is 3.79 Å². The van der Waals surface area contributed by atoms with Crippen LogP contribution >= 0.6 is 34.8 Å². The largest absolute Gasteiger partial charge is 0.493 e. The molecule has 1 atom stereocenters. The van der Waals surface area contributed by atoms with Crippen LogP contribution in [0.15, 0.2) is 42.5 Å². The fraction of sp³-hybridized carbons (Fsp3) is 0.235. The van der Waals surface area contributed by atoms with Gasteiger partial charge in [0.05, 0.1) is 14.2 Å². The summed E-state index contributed by atoms with van der Waals surface area (Å²) in [5, 5.41) is 5.44. The highest BCUT2D eigenvalue weighted by Crippen LogP contribution is 2.32. The van der Waals surface area contributed by atoms with Crippen LogP contribution in [0.1, 0.15) is 10.4 Å². The van der Waals surface area contributed by atoms with E-state index < -0.39 is 21.7 Å². The number of ether oxygens (including phenoxy) is 2. The van der Waals surface area contributed by atoms with Crippen LogP contribution in [0.5, 0.6) is 11.5 Å². The van der Waals surface area contributed by atoms with E-state index in [-0.39, 0.29) is 5.56 Å². The molecule has 0 aliphatic rings. The van der Waals surface area contributed by atoms with Crippen molar-refractivity contribution in [3.05, 3.63) is 53.8 Å². The zero-order chi connectivity index (χ0) is 19.3. The van der Waals surface area contributed by atoms with Crippen molar-refractivity contribution in [1.82, 2.24) is 5.32 Å². The van der Waals surface area contributed by atoms with E-state index in [2.05, 4.69) is 10.6 Å². The zero-order valence-corrected chi connectivity index (χ0v) is 16.1. The average Bonchev–Trinajstić information content (AvgIpc) is 2.61. The second kappa shape index (κ2) is 8.66. The Balaban J connectivity index is 2.20. The van der Waals surface area contributed by atoms with Crippen LogP contribution in [0, 0.1) is 5.82 Å². The first-order chi connectivity index (χ1) is 12.2. The third-order valence-electron chi connectivity index (χ3n) is 3.40. The number of carbonyl (C=O) groups is 1. The van der Waals surface area contributed by atoms with E-state index in [9.17, 15) is 9.18 Å². The van der Waals surface area contributed by atoms with Crippen molar-refractivity contribution in [1.29, 1.82) is 0 Å². The van der Waals surface area contributed by atoms with Crippen molar-refractivity contribution in [2.45, 2.75) is 9.96 Å². The van der Waals surface area contributed by atoms with E-state index >= 15 is 0 Å². The topological polar surface area (TPSA) is 59.6 Å². The molecule has 0 heterocycles. The minimum absolute atomic E-state index is 0.280. The highest BCUT2D eigenvalue weighted by Gasteiger charge is 2.34. The summed E-state index contributed by atoms with van der Waals surface area (Å²) in [5.41, 5.74) is 0.748. The van der Waals surface area contributed by atoms with Gasteiger partial charge in [0.15, 0.2) is 11.5 Å². The summed E-state index contributed by atoms with van der Waals surface area (Å²) in [4.78, 5) is 12.5. The molecule has 0 aliphatic carbocycles. The lowest BCUT2D eigenvalue weighted by Crippen LogP contribution is -2.49. The number of carbonyl (C=O) groups excluding carboxylic acids is 1.